The normalized spacial score (nSPS) is 14.2. The highest BCUT2D eigenvalue weighted by Gasteiger charge is 2.27. The second-order valence-corrected chi connectivity index (χ2v) is 8.44. The molecule has 0 atom stereocenters. The zero-order valence-corrected chi connectivity index (χ0v) is 18.4. The molecule has 0 spiro atoms. The van der Waals surface area contributed by atoms with Crippen LogP contribution in [0.25, 0.3) is 0 Å². The van der Waals surface area contributed by atoms with Gasteiger partial charge in [-0.15, -0.1) is 10.2 Å². The fourth-order valence-corrected chi connectivity index (χ4v) is 4.49. The van der Waals surface area contributed by atoms with E-state index in [-0.39, 0.29) is 28.6 Å². The van der Waals surface area contributed by atoms with Gasteiger partial charge in [-0.1, -0.05) is 11.3 Å². The van der Waals surface area contributed by atoms with Crippen molar-refractivity contribution in [2.24, 2.45) is 0 Å². The molecule has 2 heterocycles. The minimum Gasteiger partial charge on any atom is -0.494 e. The zero-order valence-electron chi connectivity index (χ0n) is 17.6. The van der Waals surface area contributed by atoms with E-state index in [0.29, 0.717) is 30.9 Å². The summed E-state index contributed by atoms with van der Waals surface area (Å²) in [5, 5.41) is 12.0. The van der Waals surface area contributed by atoms with E-state index in [2.05, 4.69) is 15.5 Å². The van der Waals surface area contributed by atoms with Crippen molar-refractivity contribution < 1.29 is 18.7 Å². The number of likely N-dealkylation sites (tertiary alicyclic amines) is 1. The van der Waals surface area contributed by atoms with E-state index in [0.717, 1.165) is 23.6 Å². The van der Waals surface area contributed by atoms with Crippen molar-refractivity contribution in [2.45, 2.75) is 25.7 Å². The summed E-state index contributed by atoms with van der Waals surface area (Å²) in [6.07, 6.45) is 1.52. The average Bonchev–Trinajstić information content (AvgIpc) is 3.32. The van der Waals surface area contributed by atoms with Gasteiger partial charge in [0.2, 0.25) is 5.01 Å². The molecule has 1 aliphatic rings. The molecule has 1 aliphatic heterocycles. The number of halogens is 1. The number of benzene rings is 2. The monoisotopic (exact) mass is 454 g/mol. The van der Waals surface area contributed by atoms with Crippen LogP contribution in [0.4, 0.5) is 10.1 Å². The van der Waals surface area contributed by atoms with Crippen LogP contribution in [0.2, 0.25) is 0 Å². The Bertz CT molecular complexity index is 1080. The molecule has 1 saturated heterocycles. The van der Waals surface area contributed by atoms with Crippen molar-refractivity contribution in [3.05, 3.63) is 69.9 Å². The molecule has 2 amide bonds. The first-order chi connectivity index (χ1) is 15.5. The fourth-order valence-electron chi connectivity index (χ4n) is 3.58. The zero-order chi connectivity index (χ0) is 22.5. The Morgan fingerprint density at radius 2 is 1.78 bits per heavy atom. The topological polar surface area (TPSA) is 84.4 Å². The lowest BCUT2D eigenvalue weighted by molar-refractivity contribution is 0.0712. The van der Waals surface area contributed by atoms with Crippen LogP contribution in [0.15, 0.2) is 48.5 Å². The van der Waals surface area contributed by atoms with Gasteiger partial charge >= 0.3 is 0 Å². The molecule has 0 saturated carbocycles. The summed E-state index contributed by atoms with van der Waals surface area (Å²) < 4.78 is 18.4. The Balaban J connectivity index is 1.32. The molecule has 1 aromatic heterocycles. The molecule has 2 aromatic carbocycles. The first-order valence-corrected chi connectivity index (χ1v) is 11.3. The minimum absolute atomic E-state index is 0.00290. The number of hydrogen-bond acceptors (Lipinski definition) is 6. The lowest BCUT2D eigenvalue weighted by atomic mass is 9.97. The van der Waals surface area contributed by atoms with E-state index in [1.165, 1.54) is 35.6 Å². The second-order valence-electron chi connectivity index (χ2n) is 7.43. The van der Waals surface area contributed by atoms with Gasteiger partial charge in [0.25, 0.3) is 11.8 Å². The number of carbonyl (C=O) groups is 2. The van der Waals surface area contributed by atoms with Gasteiger partial charge in [-0.25, -0.2) is 4.39 Å². The van der Waals surface area contributed by atoms with Gasteiger partial charge in [-0.05, 0) is 68.3 Å². The molecule has 166 valence electrons. The third-order valence-electron chi connectivity index (χ3n) is 5.28. The summed E-state index contributed by atoms with van der Waals surface area (Å²) >= 11 is 1.26. The number of carbonyl (C=O) groups excluding carboxylic acids is 2. The molecule has 4 rings (SSSR count). The van der Waals surface area contributed by atoms with Crippen molar-refractivity contribution in [3.63, 3.8) is 0 Å². The summed E-state index contributed by atoms with van der Waals surface area (Å²) in [5.74, 6) is 0.169. The molecule has 0 bridgehead atoms. The van der Waals surface area contributed by atoms with Crippen LogP contribution >= 0.6 is 11.3 Å². The highest BCUT2D eigenvalue weighted by atomic mass is 32.1. The van der Waals surface area contributed by atoms with Gasteiger partial charge < -0.3 is 15.0 Å². The number of nitrogens with one attached hydrogen (secondary N) is 1. The number of aromatic nitrogens is 2. The highest BCUT2D eigenvalue weighted by molar-refractivity contribution is 7.13. The molecule has 9 heteroatoms. The summed E-state index contributed by atoms with van der Waals surface area (Å²) in [6, 6.07) is 12.7. The van der Waals surface area contributed by atoms with Crippen LogP contribution in [-0.4, -0.2) is 46.6 Å². The van der Waals surface area contributed by atoms with Crippen LogP contribution in [0.3, 0.4) is 0 Å². The van der Waals surface area contributed by atoms with Crippen LogP contribution in [0.5, 0.6) is 5.75 Å². The van der Waals surface area contributed by atoms with Gasteiger partial charge in [0, 0.05) is 30.3 Å². The molecule has 0 aliphatic carbocycles. The van der Waals surface area contributed by atoms with E-state index in [1.54, 1.807) is 12.1 Å². The van der Waals surface area contributed by atoms with Crippen LogP contribution in [-0.2, 0) is 0 Å². The molecule has 1 fully saturated rings. The predicted molar refractivity (Wildman–Crippen MR) is 120 cm³/mol. The molecule has 32 heavy (non-hydrogen) atoms. The summed E-state index contributed by atoms with van der Waals surface area (Å²) in [4.78, 5) is 27.0. The number of amides is 2. The third kappa shape index (κ3) is 5.11. The SMILES string of the molecule is CCOc1ccc(C(=O)N2CCC(c3nnc(C(=O)Nc4ccc(F)cc4)s3)CC2)cc1. The van der Waals surface area contributed by atoms with Crippen molar-refractivity contribution in [1.82, 2.24) is 15.1 Å². The minimum atomic E-state index is -0.372. The summed E-state index contributed by atoms with van der Waals surface area (Å²) in [5.41, 5.74) is 1.14. The maximum Gasteiger partial charge on any atom is 0.286 e. The predicted octanol–water partition coefficient (Wildman–Crippen LogP) is 4.35. The van der Waals surface area contributed by atoms with E-state index >= 15 is 0 Å². The lowest BCUT2D eigenvalue weighted by Crippen LogP contribution is -2.37. The molecular weight excluding hydrogens is 431 g/mol. The van der Waals surface area contributed by atoms with Gasteiger partial charge in [-0.3, -0.25) is 9.59 Å². The Hall–Kier alpha value is -3.33. The largest absolute Gasteiger partial charge is 0.494 e. The molecule has 3 aromatic rings. The van der Waals surface area contributed by atoms with Crippen molar-refractivity contribution in [2.75, 3.05) is 25.0 Å². The summed E-state index contributed by atoms with van der Waals surface area (Å²) in [7, 11) is 0. The molecule has 0 radical (unpaired) electrons. The van der Waals surface area contributed by atoms with Crippen molar-refractivity contribution in [3.8, 4) is 5.75 Å². The van der Waals surface area contributed by atoms with Gasteiger partial charge in [0.05, 0.1) is 6.61 Å². The number of hydrogen-bond donors (Lipinski definition) is 1. The highest BCUT2D eigenvalue weighted by Crippen LogP contribution is 2.31. The number of anilines is 1. The second kappa shape index (κ2) is 9.86. The van der Waals surface area contributed by atoms with E-state index in [1.807, 2.05) is 24.0 Å². The van der Waals surface area contributed by atoms with Crippen LogP contribution in [0, 0.1) is 5.82 Å². The molecular formula is C23H23FN4O3S. The Morgan fingerprint density at radius 1 is 1.09 bits per heavy atom. The van der Waals surface area contributed by atoms with E-state index in [4.69, 9.17) is 4.74 Å². The molecule has 7 nitrogen and oxygen atoms in total. The third-order valence-corrected chi connectivity index (χ3v) is 6.37. The van der Waals surface area contributed by atoms with Crippen LogP contribution < -0.4 is 10.1 Å². The molecule has 1 N–H and O–H groups in total. The number of rotatable bonds is 6. The van der Waals surface area contributed by atoms with Gasteiger partial charge in [0.15, 0.2) is 0 Å². The van der Waals surface area contributed by atoms with Crippen LogP contribution in [0.1, 0.15) is 50.9 Å². The van der Waals surface area contributed by atoms with Gasteiger partial charge in [0.1, 0.15) is 16.6 Å². The Labute approximate surface area is 189 Å². The average molecular weight is 455 g/mol. The number of nitrogens with zero attached hydrogens (tertiary/aromatic N) is 3. The standard InChI is InChI=1S/C23H23FN4O3S/c1-2-31-19-9-3-16(4-10-19)23(30)28-13-11-15(12-14-28)21-26-27-22(32-21)20(29)25-18-7-5-17(24)6-8-18/h3-10,15H,2,11-14H2,1H3,(H,25,29). The van der Waals surface area contributed by atoms with E-state index < -0.39 is 0 Å². The van der Waals surface area contributed by atoms with Crippen molar-refractivity contribution >= 4 is 28.8 Å². The first-order valence-electron chi connectivity index (χ1n) is 10.5. The quantitative estimate of drug-likeness (QED) is 0.599. The summed E-state index contributed by atoms with van der Waals surface area (Å²) in [6.45, 7) is 3.74. The van der Waals surface area contributed by atoms with Crippen molar-refractivity contribution in [1.29, 1.82) is 0 Å². The number of ether oxygens (including phenoxy) is 1. The smallest absolute Gasteiger partial charge is 0.286 e. The van der Waals surface area contributed by atoms with E-state index in [9.17, 15) is 14.0 Å². The Kier molecular flexibility index (Phi) is 6.75. The Morgan fingerprint density at radius 3 is 2.44 bits per heavy atom. The maximum atomic E-state index is 13.0. The fraction of sp³-hybridized carbons (Fsp3) is 0.304. The number of piperidine rings is 1. The molecule has 0 unspecified atom stereocenters. The maximum absolute atomic E-state index is 13.0. The van der Waals surface area contributed by atoms with Gasteiger partial charge in [-0.2, -0.15) is 0 Å². The first kappa shape index (κ1) is 21.9. The lowest BCUT2D eigenvalue weighted by Gasteiger charge is -2.31.